The zero-order chi connectivity index (χ0) is 28.0. The van der Waals surface area contributed by atoms with E-state index in [2.05, 4.69) is 159 Å². The fourth-order valence-corrected chi connectivity index (χ4v) is 6.81. The Labute approximate surface area is 296 Å². The van der Waals surface area contributed by atoms with Crippen molar-refractivity contribution >= 4 is 41.4 Å². The van der Waals surface area contributed by atoms with Crippen molar-refractivity contribution in [3.05, 3.63) is 179 Å². The van der Waals surface area contributed by atoms with Gasteiger partial charge in [-0.15, -0.1) is 57.3 Å². The van der Waals surface area contributed by atoms with E-state index in [-0.39, 0.29) is 60.5 Å². The molecule has 0 fully saturated rings. The molecule has 0 N–H and O–H groups in total. The van der Waals surface area contributed by atoms with Crippen LogP contribution in [0.1, 0.15) is 36.1 Å². The first-order chi connectivity index (χ1) is 20.1. The van der Waals surface area contributed by atoms with Gasteiger partial charge in [0, 0.05) is 0 Å². The summed E-state index contributed by atoms with van der Waals surface area (Å²) in [7, 11) is 0.271. The zero-order valence-corrected chi connectivity index (χ0v) is 30.1. The molecular formula is C40H33Cl2SiZr. The summed E-state index contributed by atoms with van der Waals surface area (Å²) in [6.07, 6.45) is 9.05. The van der Waals surface area contributed by atoms with E-state index in [0.717, 1.165) is 12.8 Å². The molecule has 1 radical (unpaired) electrons. The van der Waals surface area contributed by atoms with E-state index in [1.54, 1.807) is 0 Å². The molecule has 0 nitrogen and oxygen atoms in total. The Bertz CT molecular complexity index is 1740. The van der Waals surface area contributed by atoms with Crippen LogP contribution in [0, 0.1) is 12.2 Å². The van der Waals surface area contributed by atoms with Gasteiger partial charge in [0.25, 0.3) is 0 Å². The number of benzene rings is 6. The van der Waals surface area contributed by atoms with Gasteiger partial charge < -0.3 is 24.8 Å². The molecule has 0 bridgehead atoms. The Balaban J connectivity index is 0.000000175. The Morgan fingerprint density at radius 2 is 0.818 bits per heavy atom. The smallest absolute Gasteiger partial charge is 1.00 e. The molecule has 0 aromatic heterocycles. The van der Waals surface area contributed by atoms with Crippen molar-refractivity contribution in [2.24, 2.45) is 0 Å². The topological polar surface area (TPSA) is 0 Å². The van der Waals surface area contributed by atoms with Crippen molar-refractivity contribution in [2.75, 3.05) is 0 Å². The molecule has 2 aliphatic rings. The van der Waals surface area contributed by atoms with E-state index in [9.17, 15) is 0 Å². The van der Waals surface area contributed by atoms with Crippen molar-refractivity contribution in [1.82, 2.24) is 0 Å². The minimum absolute atomic E-state index is 0. The average molecular weight is 704 g/mol. The number of allylic oxidation sites excluding steroid dienone is 2. The molecule has 0 spiro atoms. The van der Waals surface area contributed by atoms with E-state index >= 15 is 0 Å². The number of rotatable bonds is 2. The van der Waals surface area contributed by atoms with Gasteiger partial charge in [0.05, 0.1) is 0 Å². The van der Waals surface area contributed by atoms with Crippen LogP contribution in [0.5, 0.6) is 0 Å². The molecule has 6 aromatic carbocycles. The maximum absolute atomic E-state index is 3.46. The van der Waals surface area contributed by atoms with Crippen LogP contribution in [0.15, 0.2) is 145 Å². The molecule has 2 aliphatic carbocycles. The Morgan fingerprint density at radius 1 is 0.455 bits per heavy atom. The third-order valence-electron chi connectivity index (χ3n) is 7.55. The van der Waals surface area contributed by atoms with Gasteiger partial charge in [-0.3, -0.25) is 0 Å². The number of halogens is 2. The molecular weight excluding hydrogens is 671 g/mol. The second-order valence-corrected chi connectivity index (χ2v) is 12.4. The van der Waals surface area contributed by atoms with Crippen LogP contribution in [-0.2, 0) is 39.0 Å². The standard InChI is InChI=1S/2C14H11.C12H11Si.2ClH.Zr/c2*1-10-8-12-7-6-11-4-2-3-5-13(11)14(12)9-10;1-3-7-11(8-4-1)13-12-9-5-2-6-10-12;;;/h2*2-7H,8H2,1H3;1-10,13H;2*1H;/q2*-1;;;;+4/p-2. The van der Waals surface area contributed by atoms with Crippen LogP contribution in [0.3, 0.4) is 0 Å². The van der Waals surface area contributed by atoms with Gasteiger partial charge in [-0.2, -0.15) is 23.3 Å². The summed E-state index contributed by atoms with van der Waals surface area (Å²) in [6.45, 7) is 4.30. The normalized spacial score (nSPS) is 12.0. The van der Waals surface area contributed by atoms with Gasteiger partial charge in [-0.25, -0.2) is 0 Å². The van der Waals surface area contributed by atoms with Gasteiger partial charge >= 0.3 is 26.2 Å². The monoisotopic (exact) mass is 701 g/mol. The average Bonchev–Trinajstić information content (AvgIpc) is 3.60. The largest absolute Gasteiger partial charge is 4.00 e. The molecule has 0 heterocycles. The Morgan fingerprint density at radius 3 is 1.23 bits per heavy atom. The van der Waals surface area contributed by atoms with Gasteiger partial charge in [0.1, 0.15) is 9.52 Å². The fourth-order valence-electron chi connectivity index (χ4n) is 5.60. The summed E-state index contributed by atoms with van der Waals surface area (Å²) in [6, 6.07) is 47.2. The molecule has 44 heavy (non-hydrogen) atoms. The van der Waals surface area contributed by atoms with Crippen LogP contribution < -0.4 is 35.2 Å². The van der Waals surface area contributed by atoms with Crippen LogP contribution in [0.25, 0.3) is 21.5 Å². The van der Waals surface area contributed by atoms with Crippen LogP contribution >= 0.6 is 0 Å². The van der Waals surface area contributed by atoms with Gasteiger partial charge in [0.2, 0.25) is 0 Å². The number of hydrogen-bond donors (Lipinski definition) is 0. The quantitative estimate of drug-likeness (QED) is 0.192. The van der Waals surface area contributed by atoms with Gasteiger partial charge in [-0.05, 0) is 0 Å². The fraction of sp³-hybridized carbons (Fsp3) is 0.100. The maximum Gasteiger partial charge on any atom is 4.00 e. The van der Waals surface area contributed by atoms with Crippen LogP contribution in [-0.4, -0.2) is 9.52 Å². The van der Waals surface area contributed by atoms with E-state index in [4.69, 9.17) is 0 Å². The van der Waals surface area contributed by atoms with Crippen molar-refractivity contribution in [1.29, 1.82) is 0 Å². The first-order valence-corrected chi connectivity index (χ1v) is 15.4. The minimum Gasteiger partial charge on any atom is -1.00 e. The summed E-state index contributed by atoms with van der Waals surface area (Å²) in [5, 5.41) is 8.20. The molecule has 6 aromatic rings. The molecule has 0 unspecified atom stereocenters. The summed E-state index contributed by atoms with van der Waals surface area (Å²) in [5.74, 6) is 0. The number of fused-ring (bicyclic) bond motifs is 6. The summed E-state index contributed by atoms with van der Waals surface area (Å²) in [5.41, 5.74) is 8.14. The zero-order valence-electron chi connectivity index (χ0n) is 24.9. The molecule has 8 rings (SSSR count). The van der Waals surface area contributed by atoms with Crippen molar-refractivity contribution in [3.63, 3.8) is 0 Å². The van der Waals surface area contributed by atoms with E-state index < -0.39 is 0 Å². The Kier molecular flexibility index (Phi) is 13.6. The second kappa shape index (κ2) is 16.9. The third-order valence-corrected chi connectivity index (χ3v) is 8.99. The van der Waals surface area contributed by atoms with E-state index in [1.165, 1.54) is 65.3 Å². The van der Waals surface area contributed by atoms with E-state index in [0.29, 0.717) is 0 Å². The van der Waals surface area contributed by atoms with Crippen molar-refractivity contribution < 1.29 is 51.0 Å². The predicted octanol–water partition coefficient (Wildman–Crippen LogP) is 2.07. The molecule has 0 amide bonds. The van der Waals surface area contributed by atoms with Crippen LogP contribution in [0.2, 0.25) is 0 Å². The predicted molar refractivity (Wildman–Crippen MR) is 178 cm³/mol. The van der Waals surface area contributed by atoms with E-state index in [1.807, 2.05) is 0 Å². The first-order valence-electron chi connectivity index (χ1n) is 14.3. The molecule has 215 valence electrons. The van der Waals surface area contributed by atoms with Crippen molar-refractivity contribution in [3.8, 4) is 0 Å². The first kappa shape index (κ1) is 35.5. The maximum atomic E-state index is 3.46. The molecule has 0 saturated carbocycles. The second-order valence-electron chi connectivity index (χ2n) is 10.8. The van der Waals surface area contributed by atoms with Gasteiger partial charge in [0.15, 0.2) is 0 Å². The number of hydrogen-bond acceptors (Lipinski definition) is 0. The molecule has 0 aliphatic heterocycles. The molecule has 4 heteroatoms. The van der Waals surface area contributed by atoms with Crippen molar-refractivity contribution in [2.45, 2.75) is 26.7 Å². The third kappa shape index (κ3) is 8.58. The summed E-state index contributed by atoms with van der Waals surface area (Å²) >= 11 is 0. The Hall–Kier alpha value is -3.00. The SMILES string of the molecule is CC1=[C-]c2c(ccc3ccccc23)C1.CC1=[C-]c2c(ccc3ccccc23)C1.[Cl-].[Cl-].[Zr+4].c1ccc([SiH]c2ccccc2)cc1. The van der Waals surface area contributed by atoms with Crippen LogP contribution in [0.4, 0.5) is 0 Å². The molecule has 0 atom stereocenters. The molecule has 0 saturated heterocycles. The summed E-state index contributed by atoms with van der Waals surface area (Å²) < 4.78 is 0. The summed E-state index contributed by atoms with van der Waals surface area (Å²) in [4.78, 5) is 0. The minimum atomic E-state index is 0. The van der Waals surface area contributed by atoms with Gasteiger partial charge in [-0.1, -0.05) is 157 Å².